The number of benzene rings is 2. The molecule has 0 heterocycles. The molecule has 0 atom stereocenters. The van der Waals surface area contributed by atoms with Crippen molar-refractivity contribution in [2.45, 2.75) is 33.5 Å². The van der Waals surface area contributed by atoms with Crippen molar-refractivity contribution in [1.82, 2.24) is 10.2 Å². The Bertz CT molecular complexity index is 731. The third-order valence-corrected chi connectivity index (χ3v) is 4.06. The van der Waals surface area contributed by atoms with Crippen molar-refractivity contribution < 1.29 is 9.50 Å². The molecule has 2 aromatic rings. The van der Waals surface area contributed by atoms with E-state index >= 15 is 0 Å². The summed E-state index contributed by atoms with van der Waals surface area (Å²) in [6.07, 6.45) is 0. The molecule has 0 amide bonds. The number of nitrogens with zero attached hydrogens (tertiary/aromatic N) is 2. The monoisotopic (exact) mass is 343 g/mol. The van der Waals surface area contributed by atoms with Crippen molar-refractivity contribution >= 4 is 5.96 Å². The number of rotatable bonds is 6. The summed E-state index contributed by atoms with van der Waals surface area (Å²) in [4.78, 5) is 6.71. The summed E-state index contributed by atoms with van der Waals surface area (Å²) in [5.74, 6) is 0.402. The normalized spacial score (nSPS) is 11.5. The van der Waals surface area contributed by atoms with Crippen LogP contribution in [-0.4, -0.2) is 29.6 Å². The first-order chi connectivity index (χ1) is 12.0. The van der Waals surface area contributed by atoms with Crippen LogP contribution in [0.1, 0.15) is 29.2 Å². The van der Waals surface area contributed by atoms with Gasteiger partial charge in [0.2, 0.25) is 0 Å². The fourth-order valence-electron chi connectivity index (χ4n) is 2.60. The van der Waals surface area contributed by atoms with Gasteiger partial charge in [-0.1, -0.05) is 30.3 Å². The average Bonchev–Trinajstić information content (AvgIpc) is 2.61. The zero-order chi connectivity index (χ0) is 18.2. The van der Waals surface area contributed by atoms with Crippen LogP contribution in [0, 0.1) is 12.7 Å². The molecule has 2 rings (SSSR count). The maximum atomic E-state index is 13.5. The molecule has 2 aromatic carbocycles. The van der Waals surface area contributed by atoms with Crippen molar-refractivity contribution in [2.24, 2.45) is 4.99 Å². The number of hydrogen-bond acceptors (Lipinski definition) is 2. The van der Waals surface area contributed by atoms with Crippen LogP contribution in [0.25, 0.3) is 0 Å². The second-order valence-corrected chi connectivity index (χ2v) is 6.04. The Morgan fingerprint density at radius 2 is 1.96 bits per heavy atom. The Kier molecular flexibility index (Phi) is 6.95. The quantitative estimate of drug-likeness (QED) is 0.625. The SMILES string of the molecule is CCNC(=NCc1ccc(F)c(CO)c1)N(C)Cc1ccccc1C. The fourth-order valence-corrected chi connectivity index (χ4v) is 2.60. The van der Waals surface area contributed by atoms with Crippen molar-refractivity contribution in [1.29, 1.82) is 0 Å². The van der Waals surface area contributed by atoms with Crippen LogP contribution in [0.3, 0.4) is 0 Å². The number of aliphatic imine (C=N–C) groups is 1. The van der Waals surface area contributed by atoms with Crippen LogP contribution >= 0.6 is 0 Å². The molecule has 0 saturated carbocycles. The first-order valence-corrected chi connectivity index (χ1v) is 8.47. The third-order valence-electron chi connectivity index (χ3n) is 4.06. The Labute approximate surface area is 149 Å². The zero-order valence-electron chi connectivity index (χ0n) is 15.1. The van der Waals surface area contributed by atoms with E-state index in [1.807, 2.05) is 26.1 Å². The van der Waals surface area contributed by atoms with Crippen molar-refractivity contribution in [3.63, 3.8) is 0 Å². The molecule has 0 aromatic heterocycles. The van der Waals surface area contributed by atoms with Crippen LogP contribution in [0.5, 0.6) is 0 Å². The Balaban J connectivity index is 2.13. The Morgan fingerprint density at radius 3 is 2.64 bits per heavy atom. The molecule has 134 valence electrons. The molecular weight excluding hydrogens is 317 g/mol. The van der Waals surface area contributed by atoms with Gasteiger partial charge in [0.05, 0.1) is 13.2 Å². The second-order valence-electron chi connectivity index (χ2n) is 6.04. The molecule has 0 saturated heterocycles. The predicted molar refractivity (Wildman–Crippen MR) is 99.8 cm³/mol. The van der Waals surface area contributed by atoms with E-state index in [-0.39, 0.29) is 12.4 Å². The summed E-state index contributed by atoms with van der Waals surface area (Å²) in [6, 6.07) is 13.0. The minimum atomic E-state index is -0.390. The molecule has 0 aliphatic heterocycles. The molecule has 5 heteroatoms. The van der Waals surface area contributed by atoms with E-state index in [1.165, 1.54) is 17.2 Å². The number of halogens is 1. The molecule has 2 N–H and O–H groups in total. The lowest BCUT2D eigenvalue weighted by atomic mass is 10.1. The van der Waals surface area contributed by atoms with Gasteiger partial charge in [-0.3, -0.25) is 0 Å². The molecule has 0 aliphatic carbocycles. The molecule has 0 fully saturated rings. The summed E-state index contributed by atoms with van der Waals surface area (Å²) in [5.41, 5.74) is 3.66. The van der Waals surface area contributed by atoms with Crippen LogP contribution in [0.2, 0.25) is 0 Å². The molecule has 0 aliphatic rings. The van der Waals surface area contributed by atoms with E-state index in [0.29, 0.717) is 12.1 Å². The summed E-state index contributed by atoms with van der Waals surface area (Å²) < 4.78 is 13.5. The lowest BCUT2D eigenvalue weighted by Gasteiger charge is -2.23. The van der Waals surface area contributed by atoms with Crippen molar-refractivity contribution in [3.05, 3.63) is 70.5 Å². The number of aliphatic hydroxyl groups is 1. The standard InChI is InChI=1S/C20H26FN3O/c1-4-22-20(24(3)13-17-8-6-5-7-15(17)2)23-12-16-9-10-19(21)18(11-16)14-25/h5-11,25H,4,12-14H2,1-3H3,(H,22,23). The minimum Gasteiger partial charge on any atom is -0.392 e. The van der Waals surface area contributed by atoms with Gasteiger partial charge in [0, 0.05) is 25.7 Å². The van der Waals surface area contributed by atoms with E-state index in [9.17, 15) is 9.50 Å². The van der Waals surface area contributed by atoms with Gasteiger partial charge in [-0.15, -0.1) is 0 Å². The molecule has 4 nitrogen and oxygen atoms in total. The number of aliphatic hydroxyl groups excluding tert-OH is 1. The van der Waals surface area contributed by atoms with Gasteiger partial charge in [0.1, 0.15) is 5.82 Å². The Morgan fingerprint density at radius 1 is 1.20 bits per heavy atom. The lowest BCUT2D eigenvalue weighted by molar-refractivity contribution is 0.275. The van der Waals surface area contributed by atoms with Crippen molar-refractivity contribution in [3.8, 4) is 0 Å². The van der Waals surface area contributed by atoms with Gasteiger partial charge in [0.15, 0.2) is 5.96 Å². The number of nitrogens with one attached hydrogen (secondary N) is 1. The summed E-state index contributed by atoms with van der Waals surface area (Å²) in [6.45, 7) is 5.76. The highest BCUT2D eigenvalue weighted by Gasteiger charge is 2.08. The van der Waals surface area contributed by atoms with E-state index in [1.54, 1.807) is 12.1 Å². The molecular formula is C20H26FN3O. The summed E-state index contributed by atoms with van der Waals surface area (Å²) in [5, 5.41) is 12.5. The topological polar surface area (TPSA) is 47.9 Å². The molecule has 0 unspecified atom stereocenters. The Hall–Kier alpha value is -2.40. The highest BCUT2D eigenvalue weighted by Crippen LogP contribution is 2.13. The molecule has 0 bridgehead atoms. The van der Waals surface area contributed by atoms with Crippen LogP contribution < -0.4 is 5.32 Å². The van der Waals surface area contributed by atoms with E-state index < -0.39 is 0 Å². The zero-order valence-corrected chi connectivity index (χ0v) is 15.1. The molecule has 25 heavy (non-hydrogen) atoms. The number of guanidine groups is 1. The lowest BCUT2D eigenvalue weighted by Crippen LogP contribution is -2.38. The third kappa shape index (κ3) is 5.29. The number of aryl methyl sites for hydroxylation is 1. The van der Waals surface area contributed by atoms with Gasteiger partial charge in [0.25, 0.3) is 0 Å². The van der Waals surface area contributed by atoms with Gasteiger partial charge in [-0.2, -0.15) is 0 Å². The predicted octanol–water partition coefficient (Wildman–Crippen LogP) is 3.22. The van der Waals surface area contributed by atoms with Crippen LogP contribution in [0.15, 0.2) is 47.5 Å². The first-order valence-electron chi connectivity index (χ1n) is 8.47. The fraction of sp³-hybridized carbons (Fsp3) is 0.350. The summed E-state index contributed by atoms with van der Waals surface area (Å²) in [7, 11) is 2.00. The second kappa shape index (κ2) is 9.18. The van der Waals surface area contributed by atoms with E-state index in [0.717, 1.165) is 24.6 Å². The van der Waals surface area contributed by atoms with E-state index in [2.05, 4.69) is 34.3 Å². The van der Waals surface area contributed by atoms with Gasteiger partial charge < -0.3 is 15.3 Å². The van der Waals surface area contributed by atoms with Crippen molar-refractivity contribution in [2.75, 3.05) is 13.6 Å². The molecule has 0 radical (unpaired) electrons. The van der Waals surface area contributed by atoms with Crippen LogP contribution in [0.4, 0.5) is 4.39 Å². The largest absolute Gasteiger partial charge is 0.392 e. The maximum Gasteiger partial charge on any atom is 0.194 e. The average molecular weight is 343 g/mol. The van der Waals surface area contributed by atoms with Gasteiger partial charge in [-0.05, 0) is 42.7 Å². The summed E-state index contributed by atoms with van der Waals surface area (Å²) >= 11 is 0. The highest BCUT2D eigenvalue weighted by atomic mass is 19.1. The van der Waals surface area contributed by atoms with E-state index in [4.69, 9.17) is 0 Å². The highest BCUT2D eigenvalue weighted by molar-refractivity contribution is 5.79. The molecule has 0 spiro atoms. The van der Waals surface area contributed by atoms with Gasteiger partial charge >= 0.3 is 0 Å². The van der Waals surface area contributed by atoms with Crippen LogP contribution in [-0.2, 0) is 19.7 Å². The smallest absolute Gasteiger partial charge is 0.194 e. The van der Waals surface area contributed by atoms with Gasteiger partial charge in [-0.25, -0.2) is 9.38 Å². The minimum absolute atomic E-state index is 0.297. The maximum absolute atomic E-state index is 13.5. The first kappa shape index (κ1) is 18.9. The number of hydrogen-bond donors (Lipinski definition) is 2.